The van der Waals surface area contributed by atoms with Gasteiger partial charge in [-0.05, 0) is 44.7 Å². The second-order valence-electron chi connectivity index (χ2n) is 7.70. The van der Waals surface area contributed by atoms with Crippen LogP contribution in [0, 0.1) is 11.3 Å². The molecule has 2 aliphatic rings. The van der Waals surface area contributed by atoms with E-state index in [1.165, 1.54) is 49.4 Å². The van der Waals surface area contributed by atoms with E-state index in [1.807, 2.05) is 11.8 Å². The van der Waals surface area contributed by atoms with Crippen molar-refractivity contribution < 1.29 is 0 Å². The molecule has 0 aromatic heterocycles. The van der Waals surface area contributed by atoms with E-state index >= 15 is 0 Å². The molecule has 0 radical (unpaired) electrons. The Balaban J connectivity index is 1.89. The van der Waals surface area contributed by atoms with E-state index < -0.39 is 0 Å². The van der Waals surface area contributed by atoms with Crippen LogP contribution in [0.15, 0.2) is 4.99 Å². The summed E-state index contributed by atoms with van der Waals surface area (Å²) >= 11 is 1.97. The zero-order valence-corrected chi connectivity index (χ0v) is 15.1. The smallest absolute Gasteiger partial charge is 0.156 e. The summed E-state index contributed by atoms with van der Waals surface area (Å²) in [6.45, 7) is 6.75. The number of rotatable bonds is 5. The van der Waals surface area contributed by atoms with Gasteiger partial charge in [-0.25, -0.2) is 0 Å². The van der Waals surface area contributed by atoms with Crippen LogP contribution in [-0.4, -0.2) is 49.0 Å². The zero-order valence-electron chi connectivity index (χ0n) is 14.3. The molecule has 0 aromatic rings. The second kappa shape index (κ2) is 7.87. The molecule has 3 nitrogen and oxygen atoms in total. The fourth-order valence-electron chi connectivity index (χ4n) is 3.61. The van der Waals surface area contributed by atoms with Gasteiger partial charge in [0.05, 0.1) is 0 Å². The van der Waals surface area contributed by atoms with Crippen LogP contribution in [0.3, 0.4) is 0 Å². The Hall–Kier alpha value is -0.220. The maximum atomic E-state index is 4.91. The summed E-state index contributed by atoms with van der Waals surface area (Å²) in [6, 6.07) is 0.520. The summed E-state index contributed by atoms with van der Waals surface area (Å²) in [7, 11) is 4.31. The molecule has 2 rings (SSSR count). The Morgan fingerprint density at radius 2 is 1.95 bits per heavy atom. The number of nitrogens with one attached hydrogen (secondary N) is 1. The number of hydrogen-bond donors (Lipinski definition) is 1. The van der Waals surface area contributed by atoms with Gasteiger partial charge in [0.2, 0.25) is 0 Å². The quantitative estimate of drug-likeness (QED) is 0.840. The average molecular weight is 312 g/mol. The Morgan fingerprint density at radius 1 is 1.24 bits per heavy atom. The molecule has 1 fully saturated rings. The summed E-state index contributed by atoms with van der Waals surface area (Å²) in [4.78, 5) is 7.19. The minimum atomic E-state index is 0.520. The number of aliphatic imine (C=N–C) groups is 1. The zero-order chi connectivity index (χ0) is 15.3. The van der Waals surface area contributed by atoms with Gasteiger partial charge >= 0.3 is 0 Å². The number of thioether (sulfide) groups is 1. The van der Waals surface area contributed by atoms with Crippen molar-refractivity contribution in [3.63, 3.8) is 0 Å². The van der Waals surface area contributed by atoms with Gasteiger partial charge in [-0.2, -0.15) is 0 Å². The molecule has 21 heavy (non-hydrogen) atoms. The number of likely N-dealkylation sites (N-methyl/N-ethyl adjacent to an activating group) is 1. The summed E-state index contributed by atoms with van der Waals surface area (Å²) < 4.78 is 0. The van der Waals surface area contributed by atoms with E-state index in [0.29, 0.717) is 11.5 Å². The molecule has 1 unspecified atom stereocenters. The Morgan fingerprint density at radius 3 is 2.48 bits per heavy atom. The van der Waals surface area contributed by atoms with Gasteiger partial charge in [0.1, 0.15) is 0 Å². The van der Waals surface area contributed by atoms with Crippen molar-refractivity contribution in [3.05, 3.63) is 0 Å². The van der Waals surface area contributed by atoms with Crippen LogP contribution < -0.4 is 5.32 Å². The van der Waals surface area contributed by atoms with Gasteiger partial charge < -0.3 is 10.2 Å². The van der Waals surface area contributed by atoms with Crippen LogP contribution in [-0.2, 0) is 0 Å². The predicted molar refractivity (Wildman–Crippen MR) is 95.2 cm³/mol. The predicted octanol–water partition coefficient (Wildman–Crippen LogP) is 3.61. The van der Waals surface area contributed by atoms with Crippen molar-refractivity contribution in [1.29, 1.82) is 0 Å². The SMILES string of the molecule is CC(C)CC(CN(C)C)NC1=NCC2(CCCCC2)CS1. The third-order valence-electron chi connectivity index (χ3n) is 4.66. The molecule has 1 aliphatic heterocycles. The lowest BCUT2D eigenvalue weighted by Gasteiger charge is -2.39. The van der Waals surface area contributed by atoms with Crippen molar-refractivity contribution in [2.75, 3.05) is 32.9 Å². The monoisotopic (exact) mass is 311 g/mol. The van der Waals surface area contributed by atoms with Crippen LogP contribution in [0.2, 0.25) is 0 Å². The molecule has 1 heterocycles. The molecule has 1 saturated carbocycles. The lowest BCUT2D eigenvalue weighted by molar-refractivity contribution is 0.232. The van der Waals surface area contributed by atoms with Gasteiger partial charge in [0.25, 0.3) is 0 Å². The van der Waals surface area contributed by atoms with Crippen LogP contribution in [0.4, 0.5) is 0 Å². The van der Waals surface area contributed by atoms with E-state index in [1.54, 1.807) is 0 Å². The minimum Gasteiger partial charge on any atom is -0.361 e. The van der Waals surface area contributed by atoms with Crippen LogP contribution in [0.1, 0.15) is 52.4 Å². The highest BCUT2D eigenvalue weighted by Crippen LogP contribution is 2.41. The van der Waals surface area contributed by atoms with Gasteiger partial charge in [-0.15, -0.1) is 0 Å². The molecular formula is C17H33N3S. The van der Waals surface area contributed by atoms with Crippen molar-refractivity contribution in [3.8, 4) is 0 Å². The van der Waals surface area contributed by atoms with Crippen LogP contribution in [0.5, 0.6) is 0 Å². The molecule has 1 aliphatic carbocycles. The van der Waals surface area contributed by atoms with E-state index in [0.717, 1.165) is 19.0 Å². The number of hydrogen-bond acceptors (Lipinski definition) is 4. The van der Waals surface area contributed by atoms with Crippen molar-refractivity contribution >= 4 is 16.9 Å². The molecular weight excluding hydrogens is 278 g/mol. The highest BCUT2D eigenvalue weighted by molar-refractivity contribution is 8.13. The Kier molecular flexibility index (Phi) is 6.42. The summed E-state index contributed by atoms with van der Waals surface area (Å²) in [6.07, 6.45) is 8.25. The van der Waals surface area contributed by atoms with Crippen molar-refractivity contribution in [1.82, 2.24) is 10.2 Å². The topological polar surface area (TPSA) is 27.6 Å². The number of amidine groups is 1. The van der Waals surface area contributed by atoms with Crippen molar-refractivity contribution in [2.24, 2.45) is 16.3 Å². The molecule has 0 amide bonds. The average Bonchev–Trinajstić information content (AvgIpc) is 2.41. The first-order chi connectivity index (χ1) is 9.99. The highest BCUT2D eigenvalue weighted by Gasteiger charge is 2.35. The molecule has 122 valence electrons. The fourth-order valence-corrected chi connectivity index (χ4v) is 4.84. The van der Waals surface area contributed by atoms with Gasteiger partial charge in [0.15, 0.2) is 5.17 Å². The maximum Gasteiger partial charge on any atom is 0.156 e. The van der Waals surface area contributed by atoms with E-state index in [-0.39, 0.29) is 0 Å². The molecule has 1 spiro atoms. The molecule has 1 N–H and O–H groups in total. The lowest BCUT2D eigenvalue weighted by Crippen LogP contribution is -2.44. The Labute approximate surface area is 135 Å². The molecule has 4 heteroatoms. The fraction of sp³-hybridized carbons (Fsp3) is 0.941. The summed E-state index contributed by atoms with van der Waals surface area (Å²) in [5.74, 6) is 2.00. The molecule has 0 aromatic carbocycles. The molecule has 0 bridgehead atoms. The van der Waals surface area contributed by atoms with E-state index in [4.69, 9.17) is 4.99 Å². The first kappa shape index (κ1) is 17.1. The van der Waals surface area contributed by atoms with E-state index in [9.17, 15) is 0 Å². The highest BCUT2D eigenvalue weighted by atomic mass is 32.2. The standard InChI is InChI=1S/C17H33N3S/c1-14(2)10-15(11-20(3)4)19-16-18-12-17(13-21-16)8-6-5-7-9-17/h14-15H,5-13H2,1-4H3,(H,18,19). The third kappa shape index (κ3) is 5.48. The molecule has 1 atom stereocenters. The second-order valence-corrected chi connectivity index (χ2v) is 8.67. The summed E-state index contributed by atoms with van der Waals surface area (Å²) in [5.41, 5.74) is 0.531. The molecule has 0 saturated heterocycles. The maximum absolute atomic E-state index is 4.91. The van der Waals surface area contributed by atoms with Gasteiger partial charge in [-0.3, -0.25) is 4.99 Å². The minimum absolute atomic E-state index is 0.520. The Bertz CT molecular complexity index is 336. The lowest BCUT2D eigenvalue weighted by atomic mass is 9.75. The third-order valence-corrected chi connectivity index (χ3v) is 5.93. The van der Waals surface area contributed by atoms with E-state index in [2.05, 4.69) is 38.2 Å². The van der Waals surface area contributed by atoms with Gasteiger partial charge in [0, 0.05) is 24.9 Å². The first-order valence-corrected chi connectivity index (χ1v) is 9.56. The summed E-state index contributed by atoms with van der Waals surface area (Å²) in [5, 5.41) is 4.91. The van der Waals surface area contributed by atoms with Crippen LogP contribution in [0.25, 0.3) is 0 Å². The largest absolute Gasteiger partial charge is 0.361 e. The number of nitrogens with zero attached hydrogens (tertiary/aromatic N) is 2. The van der Waals surface area contributed by atoms with Gasteiger partial charge in [-0.1, -0.05) is 44.9 Å². The normalized spacial score (nSPS) is 23.4. The van der Waals surface area contributed by atoms with Crippen molar-refractivity contribution in [2.45, 2.75) is 58.4 Å². The first-order valence-electron chi connectivity index (χ1n) is 8.58. The van der Waals surface area contributed by atoms with Crippen LogP contribution >= 0.6 is 11.8 Å².